The fourth-order valence-electron chi connectivity index (χ4n) is 4.92. The Kier molecular flexibility index (Phi) is 4.44. The highest BCUT2D eigenvalue weighted by Crippen LogP contribution is 2.33. The van der Waals surface area contributed by atoms with E-state index in [1.807, 2.05) is 0 Å². The number of hydrogen-bond donors (Lipinski definition) is 2. The number of fused-ring (bicyclic) bond motifs is 1. The summed E-state index contributed by atoms with van der Waals surface area (Å²) < 4.78 is 13.3. The van der Waals surface area contributed by atoms with Crippen molar-refractivity contribution >= 4 is 16.5 Å². The van der Waals surface area contributed by atoms with Gasteiger partial charge in [0.15, 0.2) is 5.79 Å². The molecular weight excluding hydrogens is 408 g/mol. The Morgan fingerprint density at radius 2 is 1.53 bits per heavy atom. The molecule has 0 aromatic heterocycles. The summed E-state index contributed by atoms with van der Waals surface area (Å²) in [4.78, 5) is 28.2. The topological polar surface area (TPSA) is 92.3 Å². The molecule has 0 saturated carbocycles. The lowest BCUT2D eigenvalue weighted by Crippen LogP contribution is -2.45. The van der Waals surface area contributed by atoms with Gasteiger partial charge in [-0.25, -0.2) is 5.21 Å². The maximum atomic E-state index is 13.1. The molecule has 2 saturated heterocycles. The third-order valence-electron chi connectivity index (χ3n) is 6.66. The van der Waals surface area contributed by atoms with Crippen LogP contribution in [0.1, 0.15) is 18.4 Å². The fraction of sp³-hybridized carbons (Fsp3) is 0.333. The second kappa shape index (κ2) is 7.36. The van der Waals surface area contributed by atoms with E-state index in [1.54, 1.807) is 28.9 Å². The Morgan fingerprint density at radius 3 is 2.22 bits per heavy atom. The molecule has 0 bridgehead atoms. The molecule has 2 fully saturated rings. The van der Waals surface area contributed by atoms with Crippen LogP contribution < -0.4 is 15.8 Å². The summed E-state index contributed by atoms with van der Waals surface area (Å²) in [5, 5.41) is 7.43. The number of aromatic nitrogens is 3. The summed E-state index contributed by atoms with van der Waals surface area (Å²) in [6.45, 7) is 3.61. The van der Waals surface area contributed by atoms with Crippen LogP contribution in [-0.4, -0.2) is 47.1 Å². The summed E-state index contributed by atoms with van der Waals surface area (Å²) in [5.41, 5.74) is 1.88. The minimum absolute atomic E-state index is 0.150. The van der Waals surface area contributed by atoms with Gasteiger partial charge in [-0.2, -0.15) is 0 Å². The van der Waals surface area contributed by atoms with Crippen molar-refractivity contribution in [2.45, 2.75) is 25.2 Å². The lowest BCUT2D eigenvalue weighted by molar-refractivity contribution is -0.169. The Hall–Kier alpha value is -3.36. The first-order chi connectivity index (χ1) is 15.6. The Labute approximate surface area is 183 Å². The maximum absolute atomic E-state index is 13.1. The Morgan fingerprint density at radius 1 is 0.875 bits per heavy atom. The van der Waals surface area contributed by atoms with Crippen molar-refractivity contribution in [3.05, 3.63) is 85.2 Å². The van der Waals surface area contributed by atoms with Crippen molar-refractivity contribution in [2.24, 2.45) is 0 Å². The lowest BCUT2D eigenvalue weighted by atomic mass is 10.0. The van der Waals surface area contributed by atoms with Crippen molar-refractivity contribution in [1.29, 1.82) is 0 Å². The highest BCUT2D eigenvalue weighted by molar-refractivity contribution is 5.81. The molecule has 8 nitrogen and oxygen atoms in total. The number of anilines is 1. The number of rotatable bonds is 3. The van der Waals surface area contributed by atoms with Gasteiger partial charge in [0, 0.05) is 42.4 Å². The van der Waals surface area contributed by atoms with Crippen LogP contribution in [0, 0.1) is 10.7 Å². The molecule has 0 atom stereocenters. The summed E-state index contributed by atoms with van der Waals surface area (Å²) in [7, 11) is 0. The van der Waals surface area contributed by atoms with Crippen LogP contribution in [0.5, 0.6) is 0 Å². The standard InChI is InChI=1S/C24H24N4O4/c29-22-18-3-1-2-4-19(18)23(30)21-20(22)25-26-28(21)15-16-5-7-17(8-6-16)27-11-9-24(10-12-27)31-13-14-32-24/h1-8,25-26H,9-15H2. The first-order valence-corrected chi connectivity index (χ1v) is 11.0. The quantitative estimate of drug-likeness (QED) is 0.518. The van der Waals surface area contributed by atoms with E-state index in [0.29, 0.717) is 41.2 Å². The van der Waals surface area contributed by atoms with E-state index in [2.05, 4.69) is 39.5 Å². The van der Waals surface area contributed by atoms with Crippen molar-refractivity contribution in [3.63, 3.8) is 0 Å². The highest BCUT2D eigenvalue weighted by atomic mass is 16.7. The first-order valence-electron chi connectivity index (χ1n) is 11.0. The number of ether oxygens (including phenoxy) is 2. The first kappa shape index (κ1) is 19.3. The van der Waals surface area contributed by atoms with Gasteiger partial charge in [0.1, 0.15) is 10.7 Å². The Bertz CT molecular complexity index is 1450. The predicted octanol–water partition coefficient (Wildman–Crippen LogP) is 2.13. The molecule has 32 heavy (non-hydrogen) atoms. The van der Waals surface area contributed by atoms with Gasteiger partial charge in [0.25, 0.3) is 0 Å². The third kappa shape index (κ3) is 3.06. The zero-order valence-corrected chi connectivity index (χ0v) is 17.6. The molecule has 6 rings (SSSR count). The van der Waals surface area contributed by atoms with Crippen LogP contribution >= 0.6 is 0 Å². The molecule has 1 aliphatic carbocycles. The van der Waals surface area contributed by atoms with Gasteiger partial charge in [0.05, 0.1) is 19.8 Å². The number of nitrogens with one attached hydrogen (secondary N) is 2. The third-order valence-corrected chi connectivity index (χ3v) is 6.66. The zero-order valence-electron chi connectivity index (χ0n) is 17.6. The molecular formula is C24H24N4O4. The van der Waals surface area contributed by atoms with Gasteiger partial charge in [-0.1, -0.05) is 36.4 Å². The van der Waals surface area contributed by atoms with Crippen molar-refractivity contribution in [1.82, 2.24) is 15.0 Å². The van der Waals surface area contributed by atoms with Gasteiger partial charge >= 0.3 is 0 Å². The normalized spacial score (nSPS) is 18.2. The molecule has 3 aliphatic heterocycles. The number of aromatic amines is 2. The van der Waals surface area contributed by atoms with E-state index in [1.165, 1.54) is 0 Å². The fourth-order valence-corrected chi connectivity index (χ4v) is 4.92. The monoisotopic (exact) mass is 432 g/mol. The number of hydrogen-bond acceptors (Lipinski definition) is 5. The van der Waals surface area contributed by atoms with E-state index < -0.39 is 0 Å². The molecule has 0 unspecified atom stereocenters. The molecule has 2 N–H and O–H groups in total. The SMILES string of the molecule is O=c1c2[nH][nH]n(Cc3ccc(N4CCC5(CC4)OCCO5)cc3)c=2c(=O)c2ccccc12. The lowest BCUT2D eigenvalue weighted by Gasteiger charge is -2.38. The van der Waals surface area contributed by atoms with Gasteiger partial charge in [0.2, 0.25) is 10.9 Å². The average Bonchev–Trinajstić information content (AvgIpc) is 3.46. The maximum Gasteiger partial charge on any atom is 0.214 e. The van der Waals surface area contributed by atoms with Crippen molar-refractivity contribution < 1.29 is 9.47 Å². The predicted molar refractivity (Wildman–Crippen MR) is 120 cm³/mol. The summed E-state index contributed by atoms with van der Waals surface area (Å²) >= 11 is 0. The van der Waals surface area contributed by atoms with E-state index in [-0.39, 0.29) is 16.6 Å². The van der Waals surface area contributed by atoms with E-state index >= 15 is 0 Å². The van der Waals surface area contributed by atoms with Gasteiger partial charge in [-0.15, -0.1) is 0 Å². The van der Waals surface area contributed by atoms with Crippen LogP contribution in [0.2, 0.25) is 0 Å². The Balaban J connectivity index is 1.26. The van der Waals surface area contributed by atoms with Crippen molar-refractivity contribution in [3.8, 4) is 0 Å². The van der Waals surface area contributed by atoms with E-state index in [4.69, 9.17) is 9.47 Å². The highest BCUT2D eigenvalue weighted by Gasteiger charge is 2.39. The molecule has 1 spiro atoms. The van der Waals surface area contributed by atoms with Crippen LogP contribution in [0.3, 0.4) is 0 Å². The van der Waals surface area contributed by atoms with Crippen LogP contribution in [0.4, 0.5) is 5.69 Å². The van der Waals surface area contributed by atoms with E-state index in [0.717, 1.165) is 37.2 Å². The van der Waals surface area contributed by atoms with E-state index in [9.17, 15) is 9.59 Å². The summed E-state index contributed by atoms with van der Waals surface area (Å²) in [6.07, 6.45) is 1.74. The number of H-pyrrole nitrogens is 2. The zero-order chi connectivity index (χ0) is 21.7. The molecule has 2 aromatic rings. The molecule has 8 heteroatoms. The number of nitrogens with zero attached hydrogens (tertiary/aromatic N) is 2. The molecule has 0 amide bonds. The van der Waals surface area contributed by atoms with Gasteiger partial charge < -0.3 is 14.4 Å². The largest absolute Gasteiger partial charge is 0.371 e. The molecule has 2 aromatic carbocycles. The molecule has 164 valence electrons. The number of piperidine rings is 1. The minimum Gasteiger partial charge on any atom is -0.371 e. The molecule has 3 heterocycles. The summed E-state index contributed by atoms with van der Waals surface area (Å²) in [5.74, 6) is -0.376. The number of benzene rings is 2. The summed E-state index contributed by atoms with van der Waals surface area (Å²) in [6, 6.07) is 15.3. The van der Waals surface area contributed by atoms with Gasteiger partial charge in [-0.3, -0.25) is 19.4 Å². The van der Waals surface area contributed by atoms with Crippen LogP contribution in [-0.2, 0) is 16.0 Å². The van der Waals surface area contributed by atoms with Crippen molar-refractivity contribution in [2.75, 3.05) is 31.2 Å². The second-order valence-electron chi connectivity index (χ2n) is 8.51. The van der Waals surface area contributed by atoms with Crippen LogP contribution in [0.15, 0.2) is 58.1 Å². The smallest absolute Gasteiger partial charge is 0.214 e. The second-order valence-corrected chi connectivity index (χ2v) is 8.51. The minimum atomic E-state index is -0.376. The molecule has 4 aliphatic rings. The van der Waals surface area contributed by atoms with Gasteiger partial charge in [-0.05, 0) is 17.7 Å². The molecule has 0 radical (unpaired) electrons. The average molecular weight is 432 g/mol. The van der Waals surface area contributed by atoms with Crippen LogP contribution in [0.25, 0.3) is 10.8 Å².